The Hall–Kier alpha value is -1.50. The molecule has 0 heterocycles. The van der Waals surface area contributed by atoms with E-state index in [1.165, 1.54) is 47.6 Å². The summed E-state index contributed by atoms with van der Waals surface area (Å²) >= 11 is 0. The first-order valence-corrected chi connectivity index (χ1v) is 9.36. The topological polar surface area (TPSA) is 9.23 Å². The first-order chi connectivity index (χ1) is 11.2. The maximum atomic E-state index is 6.30. The van der Waals surface area contributed by atoms with Gasteiger partial charge in [0.1, 0.15) is 5.75 Å². The van der Waals surface area contributed by atoms with E-state index in [0.29, 0.717) is 6.10 Å². The predicted molar refractivity (Wildman–Crippen MR) is 101 cm³/mol. The van der Waals surface area contributed by atoms with E-state index in [4.69, 9.17) is 4.74 Å². The van der Waals surface area contributed by atoms with Gasteiger partial charge in [0.05, 0.1) is 6.10 Å². The molecule has 0 atom stereocenters. The van der Waals surface area contributed by atoms with Crippen LogP contribution in [0.3, 0.4) is 0 Å². The standard InChI is InChI=1S/C20H26O.C2H6/c1-4-16-7-11-19-15(3)20(12-8-17(19)13-16)21-18-9-5-14(2)6-10-18;1-2/h7-8,11-14,18H,4-6,9-10H2,1-3H3;1-2H3. The zero-order valence-corrected chi connectivity index (χ0v) is 15.5. The fraction of sp³-hybridized carbons (Fsp3) is 0.545. The summed E-state index contributed by atoms with van der Waals surface area (Å²) in [7, 11) is 0. The van der Waals surface area contributed by atoms with Crippen molar-refractivity contribution in [1.29, 1.82) is 0 Å². The molecule has 1 heteroatoms. The largest absolute Gasteiger partial charge is 0.490 e. The monoisotopic (exact) mass is 312 g/mol. The molecule has 1 aliphatic rings. The Morgan fingerprint density at radius 2 is 1.70 bits per heavy atom. The average Bonchev–Trinajstić information content (AvgIpc) is 2.60. The van der Waals surface area contributed by atoms with Crippen LogP contribution in [0.1, 0.15) is 64.5 Å². The molecule has 2 aromatic rings. The molecule has 0 aromatic heterocycles. The van der Waals surface area contributed by atoms with Crippen molar-refractivity contribution in [3.8, 4) is 5.75 Å². The maximum Gasteiger partial charge on any atom is 0.123 e. The summed E-state index contributed by atoms with van der Waals surface area (Å²) in [4.78, 5) is 0. The highest BCUT2D eigenvalue weighted by molar-refractivity contribution is 5.88. The number of ether oxygens (including phenoxy) is 1. The molecule has 0 unspecified atom stereocenters. The van der Waals surface area contributed by atoms with Gasteiger partial charge in [-0.2, -0.15) is 0 Å². The summed E-state index contributed by atoms with van der Waals surface area (Å²) in [5, 5.41) is 2.66. The third-order valence-electron chi connectivity index (χ3n) is 4.97. The van der Waals surface area contributed by atoms with Gasteiger partial charge in [-0.3, -0.25) is 0 Å². The SMILES string of the molecule is CC.CCc1ccc2c(C)c(OC3CCC(C)CC3)ccc2c1. The van der Waals surface area contributed by atoms with Crippen LogP contribution in [0, 0.1) is 12.8 Å². The minimum atomic E-state index is 0.410. The summed E-state index contributed by atoms with van der Waals surface area (Å²) in [6, 6.07) is 11.2. The van der Waals surface area contributed by atoms with Crippen LogP contribution in [0.2, 0.25) is 0 Å². The predicted octanol–water partition coefficient (Wildman–Crippen LogP) is 6.69. The van der Waals surface area contributed by atoms with Crippen LogP contribution in [-0.2, 0) is 6.42 Å². The zero-order chi connectivity index (χ0) is 16.8. The van der Waals surface area contributed by atoms with Gasteiger partial charge in [-0.15, -0.1) is 0 Å². The van der Waals surface area contributed by atoms with Gasteiger partial charge >= 0.3 is 0 Å². The second-order valence-corrected chi connectivity index (χ2v) is 6.60. The molecule has 0 N–H and O–H groups in total. The molecule has 0 radical (unpaired) electrons. The molecular formula is C22H32O. The number of rotatable bonds is 3. The summed E-state index contributed by atoms with van der Waals surface area (Å²) in [6.45, 7) is 10.7. The van der Waals surface area contributed by atoms with E-state index in [1.54, 1.807) is 0 Å². The number of benzene rings is 2. The van der Waals surface area contributed by atoms with Gasteiger partial charge < -0.3 is 4.74 Å². The molecule has 3 rings (SSSR count). The third-order valence-corrected chi connectivity index (χ3v) is 4.97. The van der Waals surface area contributed by atoms with E-state index in [1.807, 2.05) is 13.8 Å². The maximum absolute atomic E-state index is 6.30. The number of aryl methyl sites for hydroxylation is 2. The second-order valence-electron chi connectivity index (χ2n) is 6.60. The van der Waals surface area contributed by atoms with E-state index < -0.39 is 0 Å². The van der Waals surface area contributed by atoms with Gasteiger partial charge in [-0.1, -0.05) is 52.0 Å². The number of hydrogen-bond donors (Lipinski definition) is 0. The van der Waals surface area contributed by atoms with Crippen molar-refractivity contribution in [3.05, 3.63) is 41.5 Å². The lowest BCUT2D eigenvalue weighted by Gasteiger charge is -2.27. The Balaban J connectivity index is 0.000000924. The van der Waals surface area contributed by atoms with E-state index in [-0.39, 0.29) is 0 Å². The van der Waals surface area contributed by atoms with Gasteiger partial charge in [-0.05, 0) is 72.9 Å². The van der Waals surface area contributed by atoms with Crippen molar-refractivity contribution in [2.24, 2.45) is 5.92 Å². The van der Waals surface area contributed by atoms with Gasteiger partial charge in [-0.25, -0.2) is 0 Å². The van der Waals surface area contributed by atoms with Crippen molar-refractivity contribution in [2.45, 2.75) is 72.8 Å². The molecule has 1 saturated carbocycles. The Morgan fingerprint density at radius 3 is 2.35 bits per heavy atom. The number of fused-ring (bicyclic) bond motifs is 1. The molecule has 23 heavy (non-hydrogen) atoms. The van der Waals surface area contributed by atoms with Crippen LogP contribution in [0.4, 0.5) is 0 Å². The van der Waals surface area contributed by atoms with Crippen LogP contribution in [-0.4, -0.2) is 6.10 Å². The molecule has 0 bridgehead atoms. The summed E-state index contributed by atoms with van der Waals surface area (Å²) < 4.78 is 6.30. The Labute approximate surface area is 142 Å². The molecule has 1 aliphatic carbocycles. The molecular weight excluding hydrogens is 280 g/mol. The van der Waals surface area contributed by atoms with Crippen LogP contribution in [0.15, 0.2) is 30.3 Å². The van der Waals surface area contributed by atoms with Crippen LogP contribution in [0.5, 0.6) is 5.75 Å². The molecule has 2 aromatic carbocycles. The lowest BCUT2D eigenvalue weighted by molar-refractivity contribution is 0.135. The third kappa shape index (κ3) is 4.28. The van der Waals surface area contributed by atoms with Crippen molar-refractivity contribution in [2.75, 3.05) is 0 Å². The quantitative estimate of drug-likeness (QED) is 0.613. The normalized spacial score (nSPS) is 20.7. The van der Waals surface area contributed by atoms with Crippen molar-refractivity contribution < 1.29 is 4.74 Å². The van der Waals surface area contributed by atoms with E-state index in [9.17, 15) is 0 Å². The smallest absolute Gasteiger partial charge is 0.123 e. The lowest BCUT2D eigenvalue weighted by atomic mass is 9.89. The van der Waals surface area contributed by atoms with E-state index in [0.717, 1.165) is 18.1 Å². The van der Waals surface area contributed by atoms with Crippen molar-refractivity contribution in [3.63, 3.8) is 0 Å². The van der Waals surface area contributed by atoms with Gasteiger partial charge in [0.25, 0.3) is 0 Å². The molecule has 0 aliphatic heterocycles. The average molecular weight is 312 g/mol. The molecule has 0 saturated heterocycles. The summed E-state index contributed by atoms with van der Waals surface area (Å²) in [5.41, 5.74) is 2.69. The molecule has 1 fully saturated rings. The fourth-order valence-corrected chi connectivity index (χ4v) is 3.39. The van der Waals surface area contributed by atoms with E-state index >= 15 is 0 Å². The minimum absolute atomic E-state index is 0.410. The number of hydrogen-bond acceptors (Lipinski definition) is 1. The van der Waals surface area contributed by atoms with Crippen LogP contribution < -0.4 is 4.74 Å². The Kier molecular flexibility index (Phi) is 6.50. The molecule has 0 spiro atoms. The van der Waals surface area contributed by atoms with Gasteiger partial charge in [0, 0.05) is 0 Å². The highest BCUT2D eigenvalue weighted by atomic mass is 16.5. The van der Waals surface area contributed by atoms with Gasteiger partial charge in [0.2, 0.25) is 0 Å². The van der Waals surface area contributed by atoms with Crippen LogP contribution >= 0.6 is 0 Å². The van der Waals surface area contributed by atoms with Crippen molar-refractivity contribution >= 4 is 10.8 Å². The van der Waals surface area contributed by atoms with Gasteiger partial charge in [0.15, 0.2) is 0 Å². The Bertz CT molecular complexity index is 621. The summed E-state index contributed by atoms with van der Waals surface area (Å²) in [6.07, 6.45) is 6.51. The summed E-state index contributed by atoms with van der Waals surface area (Å²) in [5.74, 6) is 1.95. The van der Waals surface area contributed by atoms with Crippen LogP contribution in [0.25, 0.3) is 10.8 Å². The molecule has 126 valence electrons. The fourth-order valence-electron chi connectivity index (χ4n) is 3.39. The molecule has 0 amide bonds. The Morgan fingerprint density at radius 1 is 1.00 bits per heavy atom. The first-order valence-electron chi connectivity index (χ1n) is 9.36. The zero-order valence-electron chi connectivity index (χ0n) is 15.5. The lowest BCUT2D eigenvalue weighted by Crippen LogP contribution is -2.23. The first kappa shape index (κ1) is 17.8. The second kappa shape index (κ2) is 8.38. The minimum Gasteiger partial charge on any atom is -0.490 e. The highest BCUT2D eigenvalue weighted by Gasteiger charge is 2.20. The highest BCUT2D eigenvalue weighted by Crippen LogP contribution is 2.32. The molecule has 1 nitrogen and oxygen atoms in total. The van der Waals surface area contributed by atoms with E-state index in [2.05, 4.69) is 51.1 Å². The van der Waals surface area contributed by atoms with Crippen molar-refractivity contribution in [1.82, 2.24) is 0 Å².